The third-order valence-electron chi connectivity index (χ3n) is 2.40. The molecular weight excluding hydrogens is 204 g/mol. The number of ether oxygens (including phenoxy) is 1. The molecular formula is C12H20N2O2. The average Bonchev–Trinajstić information content (AvgIpc) is 2.22. The number of benzene rings is 1. The summed E-state index contributed by atoms with van der Waals surface area (Å²) < 4.78 is 4.85. The first kappa shape index (κ1) is 12.8. The van der Waals surface area contributed by atoms with Crippen molar-refractivity contribution >= 4 is 11.4 Å². The van der Waals surface area contributed by atoms with Gasteiger partial charge >= 0.3 is 0 Å². The van der Waals surface area contributed by atoms with Crippen molar-refractivity contribution in [3.8, 4) is 0 Å². The van der Waals surface area contributed by atoms with Crippen LogP contribution in [0.15, 0.2) is 18.2 Å². The van der Waals surface area contributed by atoms with Crippen LogP contribution >= 0.6 is 0 Å². The first-order valence-corrected chi connectivity index (χ1v) is 5.40. The zero-order valence-electron chi connectivity index (χ0n) is 9.86. The fourth-order valence-corrected chi connectivity index (χ4v) is 1.53. The third kappa shape index (κ3) is 4.08. The number of aliphatic hydroxyl groups excluding tert-OH is 1. The Labute approximate surface area is 96.4 Å². The summed E-state index contributed by atoms with van der Waals surface area (Å²) in [6, 6.07) is 5.74. The minimum absolute atomic E-state index is 0.377. The van der Waals surface area contributed by atoms with Crippen molar-refractivity contribution < 1.29 is 9.84 Å². The number of rotatable bonds is 6. The lowest BCUT2D eigenvalue weighted by molar-refractivity contribution is 0.0615. The summed E-state index contributed by atoms with van der Waals surface area (Å²) in [5.41, 5.74) is 8.59. The van der Waals surface area contributed by atoms with Crippen molar-refractivity contribution in [3.63, 3.8) is 0 Å². The minimum atomic E-state index is -0.411. The summed E-state index contributed by atoms with van der Waals surface area (Å²) in [5, 5.41) is 12.7. The van der Waals surface area contributed by atoms with Crippen LogP contribution in [-0.2, 0) is 4.74 Å². The highest BCUT2D eigenvalue weighted by Crippen LogP contribution is 2.17. The Morgan fingerprint density at radius 3 is 2.88 bits per heavy atom. The van der Waals surface area contributed by atoms with Gasteiger partial charge in [0.25, 0.3) is 0 Å². The summed E-state index contributed by atoms with van der Waals surface area (Å²) in [6.07, 6.45) is 0.254. The first-order valence-electron chi connectivity index (χ1n) is 5.40. The Bertz CT molecular complexity index is 329. The number of aliphatic hydroxyl groups is 1. The van der Waals surface area contributed by atoms with Crippen molar-refractivity contribution in [1.29, 1.82) is 0 Å². The van der Waals surface area contributed by atoms with E-state index in [0.29, 0.717) is 13.0 Å². The van der Waals surface area contributed by atoms with Crippen molar-refractivity contribution in [1.82, 2.24) is 0 Å². The molecule has 0 saturated heterocycles. The van der Waals surface area contributed by atoms with E-state index in [-0.39, 0.29) is 0 Å². The topological polar surface area (TPSA) is 67.5 Å². The first-order chi connectivity index (χ1) is 7.63. The molecule has 0 aliphatic carbocycles. The molecule has 1 atom stereocenters. The molecule has 0 bridgehead atoms. The van der Waals surface area contributed by atoms with Crippen molar-refractivity contribution in [2.45, 2.75) is 19.4 Å². The molecule has 1 aromatic rings. The van der Waals surface area contributed by atoms with Crippen LogP contribution in [-0.4, -0.2) is 31.5 Å². The molecule has 4 nitrogen and oxygen atoms in total. The van der Waals surface area contributed by atoms with Crippen LogP contribution in [0.2, 0.25) is 0 Å². The van der Waals surface area contributed by atoms with Gasteiger partial charge in [-0.15, -0.1) is 0 Å². The molecule has 1 aromatic carbocycles. The summed E-state index contributed by atoms with van der Waals surface area (Å²) in [5.74, 6) is 0. The number of nitrogens with one attached hydrogen (secondary N) is 1. The molecule has 0 amide bonds. The van der Waals surface area contributed by atoms with Gasteiger partial charge in [0.1, 0.15) is 0 Å². The highest BCUT2D eigenvalue weighted by molar-refractivity contribution is 5.57. The van der Waals surface area contributed by atoms with Crippen LogP contribution in [0.3, 0.4) is 0 Å². The number of hydrogen-bond acceptors (Lipinski definition) is 4. The molecule has 1 unspecified atom stereocenters. The smallest absolute Gasteiger partial charge is 0.0790 e. The number of methoxy groups -OCH3 is 1. The van der Waals surface area contributed by atoms with Gasteiger partial charge in [-0.25, -0.2) is 0 Å². The third-order valence-corrected chi connectivity index (χ3v) is 2.40. The second-order valence-electron chi connectivity index (χ2n) is 3.90. The molecule has 0 fully saturated rings. The van der Waals surface area contributed by atoms with Gasteiger partial charge in [-0.1, -0.05) is 0 Å². The second-order valence-corrected chi connectivity index (χ2v) is 3.90. The minimum Gasteiger partial charge on any atom is -0.399 e. The fraction of sp³-hybridized carbons (Fsp3) is 0.500. The van der Waals surface area contributed by atoms with Gasteiger partial charge in [0.15, 0.2) is 0 Å². The van der Waals surface area contributed by atoms with E-state index in [2.05, 4.69) is 5.32 Å². The van der Waals surface area contributed by atoms with Gasteiger partial charge in [0.05, 0.1) is 12.7 Å². The summed E-state index contributed by atoms with van der Waals surface area (Å²) in [4.78, 5) is 0. The molecule has 0 spiro atoms. The maximum absolute atomic E-state index is 9.46. The molecule has 0 radical (unpaired) electrons. The van der Waals surface area contributed by atoms with Gasteiger partial charge in [-0.2, -0.15) is 0 Å². The number of nitrogen functional groups attached to an aromatic ring is 1. The Balaban J connectivity index is 2.37. The van der Waals surface area contributed by atoms with E-state index in [9.17, 15) is 5.11 Å². The fourth-order valence-electron chi connectivity index (χ4n) is 1.53. The summed E-state index contributed by atoms with van der Waals surface area (Å²) in [7, 11) is 1.58. The van der Waals surface area contributed by atoms with E-state index in [1.807, 2.05) is 25.1 Å². The lowest BCUT2D eigenvalue weighted by atomic mass is 10.1. The monoisotopic (exact) mass is 224 g/mol. The predicted octanol–water partition coefficient (Wildman–Crippen LogP) is 1.39. The van der Waals surface area contributed by atoms with Crippen molar-refractivity contribution in [3.05, 3.63) is 23.8 Å². The van der Waals surface area contributed by atoms with E-state index >= 15 is 0 Å². The lowest BCUT2D eigenvalue weighted by Gasteiger charge is -2.12. The van der Waals surface area contributed by atoms with E-state index in [1.54, 1.807) is 7.11 Å². The van der Waals surface area contributed by atoms with Gasteiger partial charge in [0.2, 0.25) is 0 Å². The Kier molecular flexibility index (Phi) is 5.08. The Morgan fingerprint density at radius 2 is 2.25 bits per heavy atom. The molecule has 0 aliphatic heterocycles. The van der Waals surface area contributed by atoms with Crippen LogP contribution in [0.1, 0.15) is 12.0 Å². The van der Waals surface area contributed by atoms with E-state index in [1.165, 1.54) is 0 Å². The van der Waals surface area contributed by atoms with E-state index < -0.39 is 6.10 Å². The van der Waals surface area contributed by atoms with Gasteiger partial charge in [-0.05, 0) is 37.1 Å². The van der Waals surface area contributed by atoms with Gasteiger partial charge in [0, 0.05) is 25.0 Å². The van der Waals surface area contributed by atoms with E-state index in [4.69, 9.17) is 10.5 Å². The average molecular weight is 224 g/mol. The largest absolute Gasteiger partial charge is 0.399 e. The van der Waals surface area contributed by atoms with Crippen LogP contribution in [0.5, 0.6) is 0 Å². The highest BCUT2D eigenvalue weighted by atomic mass is 16.5. The molecule has 0 saturated carbocycles. The molecule has 16 heavy (non-hydrogen) atoms. The molecule has 0 aliphatic rings. The molecule has 0 heterocycles. The quantitative estimate of drug-likeness (QED) is 0.639. The van der Waals surface area contributed by atoms with Gasteiger partial charge < -0.3 is 20.9 Å². The molecule has 0 aromatic heterocycles. The Hall–Kier alpha value is -1.26. The molecule has 4 heteroatoms. The van der Waals surface area contributed by atoms with Crippen molar-refractivity contribution in [2.24, 2.45) is 0 Å². The predicted molar refractivity (Wildman–Crippen MR) is 66.6 cm³/mol. The number of anilines is 2. The number of nitrogens with two attached hydrogens (primary N) is 1. The molecule has 90 valence electrons. The maximum atomic E-state index is 9.46. The Morgan fingerprint density at radius 1 is 1.50 bits per heavy atom. The van der Waals surface area contributed by atoms with Crippen LogP contribution in [0.25, 0.3) is 0 Å². The summed E-state index contributed by atoms with van der Waals surface area (Å²) >= 11 is 0. The normalized spacial score (nSPS) is 12.4. The highest BCUT2D eigenvalue weighted by Gasteiger charge is 2.03. The SMILES string of the molecule is COCC(O)CCNc1ccc(N)cc1C. The molecule has 1 rings (SSSR count). The number of aryl methyl sites for hydroxylation is 1. The zero-order chi connectivity index (χ0) is 12.0. The number of hydrogen-bond donors (Lipinski definition) is 3. The van der Waals surface area contributed by atoms with Gasteiger partial charge in [-0.3, -0.25) is 0 Å². The summed E-state index contributed by atoms with van der Waals surface area (Å²) in [6.45, 7) is 3.10. The van der Waals surface area contributed by atoms with Crippen molar-refractivity contribution in [2.75, 3.05) is 31.3 Å². The standard InChI is InChI=1S/C12H20N2O2/c1-9-7-10(13)3-4-12(9)14-6-5-11(15)8-16-2/h3-4,7,11,14-15H,5-6,8,13H2,1-2H3. The van der Waals surface area contributed by atoms with Crippen LogP contribution in [0, 0.1) is 6.92 Å². The van der Waals surface area contributed by atoms with E-state index in [0.717, 1.165) is 23.5 Å². The molecule has 4 N–H and O–H groups in total. The zero-order valence-corrected chi connectivity index (χ0v) is 9.86. The maximum Gasteiger partial charge on any atom is 0.0790 e. The second kappa shape index (κ2) is 6.35. The van der Waals surface area contributed by atoms with Crippen LogP contribution in [0.4, 0.5) is 11.4 Å². The van der Waals surface area contributed by atoms with Crippen LogP contribution < -0.4 is 11.1 Å². The lowest BCUT2D eigenvalue weighted by Crippen LogP contribution is -2.18.